The van der Waals surface area contributed by atoms with Gasteiger partial charge in [-0.15, -0.1) is 0 Å². The average molecular weight is 326 g/mol. The number of unbranched alkanes of at least 4 members (excludes halogenated alkanes) is 1. The quantitative estimate of drug-likeness (QED) is 0.346. The maximum absolute atomic E-state index is 11.2. The highest BCUT2D eigenvalue weighted by atomic mass is 16.6. The summed E-state index contributed by atoms with van der Waals surface area (Å²) < 4.78 is 9.65. The Morgan fingerprint density at radius 2 is 2.00 bits per heavy atom. The van der Waals surface area contributed by atoms with Crippen LogP contribution in [0, 0.1) is 10.1 Å². The van der Waals surface area contributed by atoms with E-state index in [1.54, 1.807) is 0 Å². The Labute approximate surface area is 131 Å². The van der Waals surface area contributed by atoms with Crippen LogP contribution < -0.4 is 21.5 Å². The van der Waals surface area contributed by atoms with E-state index in [2.05, 4.69) is 10.1 Å². The fourth-order valence-electron chi connectivity index (χ4n) is 1.84. The summed E-state index contributed by atoms with van der Waals surface area (Å²) >= 11 is 0. The van der Waals surface area contributed by atoms with Gasteiger partial charge in [0.2, 0.25) is 5.91 Å². The minimum atomic E-state index is -0.850. The molecule has 0 saturated carbocycles. The molecule has 0 radical (unpaired) electrons. The molecule has 126 valence electrons. The standard InChI is InChI=1S/C13H18N4O6/c1-22-10-7-8(12(14)18)6-9(17(20)21)11(10)16-4-2-3-5-23-13(15)19/h6-7,16H,2-5H2,1H3,(H2,14,18)(H2,15,19). The van der Waals surface area contributed by atoms with Gasteiger partial charge in [-0.3, -0.25) is 14.9 Å². The molecule has 1 aromatic rings. The number of nitro benzene ring substituents is 1. The van der Waals surface area contributed by atoms with Crippen molar-refractivity contribution in [1.29, 1.82) is 0 Å². The zero-order valence-electron chi connectivity index (χ0n) is 12.5. The van der Waals surface area contributed by atoms with Crippen LogP contribution in [0.2, 0.25) is 0 Å². The summed E-state index contributed by atoms with van der Waals surface area (Å²) in [6, 6.07) is 2.41. The molecule has 0 aliphatic rings. The molecule has 0 aromatic heterocycles. The molecule has 0 heterocycles. The molecule has 0 atom stereocenters. The average Bonchev–Trinajstić information content (AvgIpc) is 2.49. The molecule has 1 rings (SSSR count). The van der Waals surface area contributed by atoms with Gasteiger partial charge in [-0.25, -0.2) is 4.79 Å². The first-order valence-electron chi connectivity index (χ1n) is 6.69. The van der Waals surface area contributed by atoms with Gasteiger partial charge in [0.1, 0.15) is 5.75 Å². The Morgan fingerprint density at radius 3 is 2.52 bits per heavy atom. The normalized spacial score (nSPS) is 9.96. The lowest BCUT2D eigenvalue weighted by Crippen LogP contribution is -2.15. The first kappa shape index (κ1) is 18.0. The van der Waals surface area contributed by atoms with Crippen LogP contribution in [0.4, 0.5) is 16.2 Å². The number of ether oxygens (including phenoxy) is 2. The number of benzene rings is 1. The molecule has 0 spiro atoms. The van der Waals surface area contributed by atoms with Gasteiger partial charge in [0.15, 0.2) is 5.69 Å². The van der Waals surface area contributed by atoms with Crippen molar-refractivity contribution >= 4 is 23.4 Å². The zero-order chi connectivity index (χ0) is 17.4. The summed E-state index contributed by atoms with van der Waals surface area (Å²) in [6.45, 7) is 0.534. The number of nitrogens with two attached hydrogens (primary N) is 2. The minimum Gasteiger partial charge on any atom is -0.494 e. The lowest BCUT2D eigenvalue weighted by atomic mass is 10.1. The Morgan fingerprint density at radius 1 is 1.30 bits per heavy atom. The van der Waals surface area contributed by atoms with Crippen LogP contribution in [-0.4, -0.2) is 37.2 Å². The maximum atomic E-state index is 11.2. The van der Waals surface area contributed by atoms with Crippen molar-refractivity contribution in [2.45, 2.75) is 12.8 Å². The minimum absolute atomic E-state index is 0.0195. The van der Waals surface area contributed by atoms with Gasteiger partial charge < -0.3 is 26.3 Å². The highest BCUT2D eigenvalue weighted by Crippen LogP contribution is 2.35. The second-order valence-corrected chi connectivity index (χ2v) is 4.50. The van der Waals surface area contributed by atoms with Crippen molar-refractivity contribution in [1.82, 2.24) is 0 Å². The Kier molecular flexibility index (Phi) is 6.59. The van der Waals surface area contributed by atoms with Gasteiger partial charge >= 0.3 is 6.09 Å². The van der Waals surface area contributed by atoms with Crippen molar-refractivity contribution in [2.75, 3.05) is 25.6 Å². The molecule has 5 N–H and O–H groups in total. The smallest absolute Gasteiger partial charge is 0.404 e. The molecular weight excluding hydrogens is 308 g/mol. The van der Waals surface area contributed by atoms with Crippen molar-refractivity contribution in [2.24, 2.45) is 11.5 Å². The second-order valence-electron chi connectivity index (χ2n) is 4.50. The summed E-state index contributed by atoms with van der Waals surface area (Å²) in [4.78, 5) is 32.1. The number of carbonyl (C=O) groups excluding carboxylic acids is 2. The van der Waals surface area contributed by atoms with E-state index >= 15 is 0 Å². The zero-order valence-corrected chi connectivity index (χ0v) is 12.5. The van der Waals surface area contributed by atoms with Crippen LogP contribution in [0.5, 0.6) is 5.75 Å². The topological polar surface area (TPSA) is 160 Å². The molecule has 1 aromatic carbocycles. The molecule has 0 fully saturated rings. The van der Waals surface area contributed by atoms with E-state index in [-0.39, 0.29) is 29.3 Å². The number of rotatable bonds is 9. The summed E-state index contributed by atoms with van der Waals surface area (Å²) in [5.74, 6) is -0.650. The molecule has 10 heteroatoms. The summed E-state index contributed by atoms with van der Waals surface area (Å²) in [5, 5.41) is 14.0. The third-order valence-corrected chi connectivity index (χ3v) is 2.90. The maximum Gasteiger partial charge on any atom is 0.404 e. The van der Waals surface area contributed by atoms with E-state index in [4.69, 9.17) is 16.2 Å². The molecule has 0 saturated heterocycles. The van der Waals surface area contributed by atoms with E-state index in [0.29, 0.717) is 19.4 Å². The predicted octanol–water partition coefficient (Wildman–Crippen LogP) is 0.990. The molecule has 10 nitrogen and oxygen atoms in total. The number of anilines is 1. The van der Waals surface area contributed by atoms with Gasteiger partial charge in [0.05, 0.1) is 18.6 Å². The first-order chi connectivity index (χ1) is 10.9. The number of nitrogens with one attached hydrogen (secondary N) is 1. The Balaban J connectivity index is 2.81. The molecule has 0 bridgehead atoms. The van der Waals surface area contributed by atoms with Crippen LogP contribution in [0.3, 0.4) is 0 Å². The number of amides is 2. The number of primary amides is 2. The number of carbonyl (C=O) groups is 2. The molecular formula is C13H18N4O6. The van der Waals surface area contributed by atoms with Crippen molar-refractivity contribution < 1.29 is 24.0 Å². The van der Waals surface area contributed by atoms with Gasteiger partial charge in [-0.05, 0) is 18.9 Å². The third kappa shape index (κ3) is 5.34. The predicted molar refractivity (Wildman–Crippen MR) is 81.4 cm³/mol. The number of nitrogens with zero attached hydrogens (tertiary/aromatic N) is 1. The lowest BCUT2D eigenvalue weighted by Gasteiger charge is -2.12. The molecule has 0 aliphatic heterocycles. The highest BCUT2D eigenvalue weighted by molar-refractivity contribution is 5.95. The SMILES string of the molecule is COc1cc(C(N)=O)cc([N+](=O)[O-])c1NCCCCOC(N)=O. The number of nitro groups is 1. The Hall–Kier alpha value is -3.04. The van der Waals surface area contributed by atoms with E-state index in [0.717, 1.165) is 6.07 Å². The number of methoxy groups -OCH3 is 1. The van der Waals surface area contributed by atoms with E-state index in [9.17, 15) is 19.7 Å². The largest absolute Gasteiger partial charge is 0.494 e. The second kappa shape index (κ2) is 8.41. The van der Waals surface area contributed by atoms with E-state index in [1.165, 1.54) is 13.2 Å². The third-order valence-electron chi connectivity index (χ3n) is 2.90. The fraction of sp³-hybridized carbons (Fsp3) is 0.385. The highest BCUT2D eigenvalue weighted by Gasteiger charge is 2.21. The molecule has 23 heavy (non-hydrogen) atoms. The molecule has 0 aliphatic carbocycles. The van der Waals surface area contributed by atoms with Crippen LogP contribution in [0.25, 0.3) is 0 Å². The van der Waals surface area contributed by atoms with E-state index in [1.807, 2.05) is 0 Å². The molecule has 2 amide bonds. The van der Waals surface area contributed by atoms with Gasteiger partial charge in [-0.1, -0.05) is 0 Å². The van der Waals surface area contributed by atoms with Gasteiger partial charge in [0.25, 0.3) is 5.69 Å². The monoisotopic (exact) mass is 326 g/mol. The summed E-state index contributed by atoms with van der Waals surface area (Å²) in [6.07, 6.45) is 0.258. The summed E-state index contributed by atoms with van der Waals surface area (Å²) in [5.41, 5.74) is 9.79. The van der Waals surface area contributed by atoms with Gasteiger partial charge in [-0.2, -0.15) is 0 Å². The lowest BCUT2D eigenvalue weighted by molar-refractivity contribution is -0.384. The van der Waals surface area contributed by atoms with Crippen LogP contribution in [-0.2, 0) is 4.74 Å². The number of hydrogen-bond donors (Lipinski definition) is 3. The van der Waals surface area contributed by atoms with Crippen molar-refractivity contribution in [3.05, 3.63) is 27.8 Å². The summed E-state index contributed by atoms with van der Waals surface area (Å²) in [7, 11) is 1.33. The van der Waals surface area contributed by atoms with Crippen molar-refractivity contribution in [3.63, 3.8) is 0 Å². The van der Waals surface area contributed by atoms with Crippen LogP contribution >= 0.6 is 0 Å². The number of hydrogen-bond acceptors (Lipinski definition) is 7. The van der Waals surface area contributed by atoms with Crippen LogP contribution in [0.1, 0.15) is 23.2 Å². The van der Waals surface area contributed by atoms with Crippen LogP contribution in [0.15, 0.2) is 12.1 Å². The molecule has 0 unspecified atom stereocenters. The van der Waals surface area contributed by atoms with Crippen molar-refractivity contribution in [3.8, 4) is 5.75 Å². The van der Waals surface area contributed by atoms with E-state index < -0.39 is 16.9 Å². The first-order valence-corrected chi connectivity index (χ1v) is 6.69. The van der Waals surface area contributed by atoms with Gasteiger partial charge in [0, 0.05) is 18.2 Å². The fourth-order valence-corrected chi connectivity index (χ4v) is 1.84. The Bertz CT molecular complexity index is 604.